The second kappa shape index (κ2) is 11.3. The van der Waals surface area contributed by atoms with Gasteiger partial charge in [0.2, 0.25) is 5.91 Å². The maximum atomic E-state index is 12.4. The van der Waals surface area contributed by atoms with Crippen molar-refractivity contribution in [2.75, 3.05) is 13.7 Å². The highest BCUT2D eigenvalue weighted by atomic mass is 35.5. The molecule has 0 radical (unpaired) electrons. The normalized spacial score (nSPS) is 14.2. The van der Waals surface area contributed by atoms with Gasteiger partial charge in [0.1, 0.15) is 0 Å². The zero-order valence-corrected chi connectivity index (χ0v) is 17.7. The summed E-state index contributed by atoms with van der Waals surface area (Å²) in [6.45, 7) is 10.7. The fraction of sp³-hybridized carbons (Fsp3) is 0.650. The topological polar surface area (TPSA) is 73.6 Å². The van der Waals surface area contributed by atoms with Gasteiger partial charge in [-0.05, 0) is 50.3 Å². The fourth-order valence-corrected chi connectivity index (χ4v) is 2.56. The van der Waals surface area contributed by atoms with Gasteiger partial charge in [0, 0.05) is 0 Å². The number of carbonyl (C=O) groups excluding carboxylic acids is 1. The first-order chi connectivity index (χ1) is 11.7. The van der Waals surface area contributed by atoms with Crippen molar-refractivity contribution in [1.82, 2.24) is 5.32 Å². The molecule has 0 fully saturated rings. The summed E-state index contributed by atoms with van der Waals surface area (Å²) in [7, 11) is 1.62. The van der Waals surface area contributed by atoms with E-state index in [1.165, 1.54) is 0 Å². The van der Waals surface area contributed by atoms with Crippen LogP contribution in [0.2, 0.25) is 0 Å². The summed E-state index contributed by atoms with van der Waals surface area (Å²) in [4.78, 5) is 12.4. The van der Waals surface area contributed by atoms with E-state index in [0.29, 0.717) is 24.7 Å². The number of nitrogens with two attached hydrogens (primary N) is 1. The lowest BCUT2D eigenvalue weighted by Gasteiger charge is -2.26. The van der Waals surface area contributed by atoms with Crippen LogP contribution in [0.15, 0.2) is 18.2 Å². The van der Waals surface area contributed by atoms with Crippen molar-refractivity contribution in [3.8, 4) is 11.5 Å². The van der Waals surface area contributed by atoms with E-state index >= 15 is 0 Å². The Morgan fingerprint density at radius 2 is 1.92 bits per heavy atom. The number of hydrogen-bond acceptors (Lipinski definition) is 4. The first kappa shape index (κ1) is 24.5. The molecule has 1 rings (SSSR count). The molecule has 2 unspecified atom stereocenters. The van der Waals surface area contributed by atoms with Gasteiger partial charge in [0.05, 0.1) is 25.3 Å². The molecule has 0 saturated carbocycles. The second-order valence-corrected chi connectivity index (χ2v) is 7.30. The first-order valence-corrected chi connectivity index (χ1v) is 9.11. The van der Waals surface area contributed by atoms with Crippen LogP contribution in [-0.2, 0) is 4.79 Å². The number of rotatable bonds is 10. The minimum atomic E-state index is -0.854. The standard InChI is InChI=1S/C20H34N2O3.ClH/c1-7-11-20(5,21)19(23)22-15(4)16-8-9-17(18(13-16)24-6)25-12-10-14(2)3;/h8-9,13-15H,7,10-12,21H2,1-6H3,(H,22,23);1H. The zero-order valence-electron chi connectivity index (χ0n) is 16.9. The second-order valence-electron chi connectivity index (χ2n) is 7.30. The third kappa shape index (κ3) is 7.42. The van der Waals surface area contributed by atoms with E-state index < -0.39 is 5.54 Å². The van der Waals surface area contributed by atoms with Gasteiger partial charge >= 0.3 is 0 Å². The van der Waals surface area contributed by atoms with Crippen molar-refractivity contribution in [1.29, 1.82) is 0 Å². The van der Waals surface area contributed by atoms with E-state index in [1.807, 2.05) is 32.0 Å². The molecule has 1 aromatic rings. The number of methoxy groups -OCH3 is 1. The van der Waals surface area contributed by atoms with Gasteiger partial charge in [0.25, 0.3) is 0 Å². The number of ether oxygens (including phenoxy) is 2. The van der Waals surface area contributed by atoms with E-state index in [2.05, 4.69) is 19.2 Å². The van der Waals surface area contributed by atoms with Gasteiger partial charge in [-0.3, -0.25) is 4.79 Å². The lowest BCUT2D eigenvalue weighted by molar-refractivity contribution is -0.126. The van der Waals surface area contributed by atoms with Crippen molar-refractivity contribution in [3.05, 3.63) is 23.8 Å². The number of amides is 1. The molecule has 0 spiro atoms. The Hall–Kier alpha value is -1.46. The van der Waals surface area contributed by atoms with Crippen molar-refractivity contribution < 1.29 is 14.3 Å². The Morgan fingerprint density at radius 3 is 2.46 bits per heavy atom. The van der Waals surface area contributed by atoms with E-state index in [4.69, 9.17) is 15.2 Å². The smallest absolute Gasteiger partial charge is 0.240 e. The number of halogens is 1. The van der Waals surface area contributed by atoms with Crippen molar-refractivity contribution >= 4 is 18.3 Å². The molecule has 0 aromatic heterocycles. The average molecular weight is 387 g/mol. The van der Waals surface area contributed by atoms with Crippen LogP contribution >= 0.6 is 12.4 Å². The molecule has 6 heteroatoms. The summed E-state index contributed by atoms with van der Waals surface area (Å²) in [5.74, 6) is 1.85. The van der Waals surface area contributed by atoms with Crippen LogP contribution in [0.5, 0.6) is 11.5 Å². The summed E-state index contributed by atoms with van der Waals surface area (Å²) >= 11 is 0. The Kier molecular flexibility index (Phi) is 10.7. The molecule has 0 aliphatic heterocycles. The molecule has 3 N–H and O–H groups in total. The van der Waals surface area contributed by atoms with E-state index in [9.17, 15) is 4.79 Å². The highest BCUT2D eigenvalue weighted by Gasteiger charge is 2.28. The molecule has 0 bridgehead atoms. The molecule has 2 atom stereocenters. The molecule has 0 saturated heterocycles. The number of hydrogen-bond donors (Lipinski definition) is 2. The van der Waals surface area contributed by atoms with Crippen LogP contribution in [0.4, 0.5) is 0 Å². The van der Waals surface area contributed by atoms with Gasteiger partial charge in [0.15, 0.2) is 11.5 Å². The van der Waals surface area contributed by atoms with Crippen LogP contribution in [0, 0.1) is 5.92 Å². The van der Waals surface area contributed by atoms with Crippen LogP contribution in [0.1, 0.15) is 65.5 Å². The Bertz CT molecular complexity index is 562. The Balaban J connectivity index is 0.00000625. The fourth-order valence-electron chi connectivity index (χ4n) is 2.56. The SMILES string of the molecule is CCCC(C)(N)C(=O)NC(C)c1ccc(OCCC(C)C)c(OC)c1.Cl. The van der Waals surface area contributed by atoms with Crippen molar-refractivity contribution in [2.24, 2.45) is 11.7 Å². The summed E-state index contributed by atoms with van der Waals surface area (Å²) in [6, 6.07) is 5.59. The van der Waals surface area contributed by atoms with Gasteiger partial charge in [-0.15, -0.1) is 12.4 Å². The van der Waals surface area contributed by atoms with Crippen LogP contribution in [-0.4, -0.2) is 25.2 Å². The van der Waals surface area contributed by atoms with Gasteiger partial charge < -0.3 is 20.5 Å². The van der Waals surface area contributed by atoms with E-state index in [1.54, 1.807) is 14.0 Å². The van der Waals surface area contributed by atoms with Crippen LogP contribution in [0.25, 0.3) is 0 Å². The third-order valence-electron chi connectivity index (χ3n) is 4.28. The summed E-state index contributed by atoms with van der Waals surface area (Å²) in [5, 5.41) is 2.99. The van der Waals surface area contributed by atoms with Gasteiger partial charge in [-0.25, -0.2) is 0 Å². The predicted octanol–water partition coefficient (Wildman–Crippen LogP) is 4.24. The molecular formula is C20H35ClN2O3. The maximum Gasteiger partial charge on any atom is 0.240 e. The predicted molar refractivity (Wildman–Crippen MR) is 109 cm³/mol. The average Bonchev–Trinajstić information content (AvgIpc) is 2.54. The summed E-state index contributed by atoms with van der Waals surface area (Å²) < 4.78 is 11.3. The van der Waals surface area contributed by atoms with E-state index in [-0.39, 0.29) is 24.4 Å². The highest BCUT2D eigenvalue weighted by molar-refractivity contribution is 5.86. The third-order valence-corrected chi connectivity index (χ3v) is 4.28. The minimum absolute atomic E-state index is 0. The maximum absolute atomic E-state index is 12.4. The van der Waals surface area contributed by atoms with Crippen LogP contribution < -0.4 is 20.5 Å². The van der Waals surface area contributed by atoms with Crippen molar-refractivity contribution in [3.63, 3.8) is 0 Å². The summed E-state index contributed by atoms with van der Waals surface area (Å²) in [5.41, 5.74) is 6.20. The van der Waals surface area contributed by atoms with Crippen molar-refractivity contribution in [2.45, 2.75) is 65.5 Å². The van der Waals surface area contributed by atoms with E-state index in [0.717, 1.165) is 24.2 Å². The summed E-state index contributed by atoms with van der Waals surface area (Å²) in [6.07, 6.45) is 2.51. The number of carbonyl (C=O) groups is 1. The zero-order chi connectivity index (χ0) is 19.0. The Morgan fingerprint density at radius 1 is 1.27 bits per heavy atom. The molecule has 26 heavy (non-hydrogen) atoms. The molecule has 0 aliphatic carbocycles. The molecule has 5 nitrogen and oxygen atoms in total. The largest absolute Gasteiger partial charge is 0.493 e. The molecule has 1 amide bonds. The molecule has 0 aliphatic rings. The highest BCUT2D eigenvalue weighted by Crippen LogP contribution is 2.30. The monoisotopic (exact) mass is 386 g/mol. The quantitative estimate of drug-likeness (QED) is 0.630. The molecule has 1 aromatic carbocycles. The van der Waals surface area contributed by atoms with Gasteiger partial charge in [-0.2, -0.15) is 0 Å². The molecular weight excluding hydrogens is 352 g/mol. The molecule has 0 heterocycles. The minimum Gasteiger partial charge on any atom is -0.493 e. The Labute approximate surface area is 164 Å². The first-order valence-electron chi connectivity index (χ1n) is 9.11. The van der Waals surface area contributed by atoms with Crippen LogP contribution in [0.3, 0.4) is 0 Å². The lowest BCUT2D eigenvalue weighted by Crippen LogP contribution is -2.52. The number of benzene rings is 1. The molecule has 150 valence electrons. The van der Waals surface area contributed by atoms with Gasteiger partial charge in [-0.1, -0.05) is 33.3 Å². The lowest BCUT2D eigenvalue weighted by atomic mass is 9.95. The number of nitrogens with one attached hydrogen (secondary N) is 1.